The third kappa shape index (κ3) is 3.87. The van der Waals surface area contributed by atoms with E-state index in [-0.39, 0.29) is 30.4 Å². The van der Waals surface area contributed by atoms with Crippen molar-refractivity contribution in [2.24, 2.45) is 0 Å². The Balaban J connectivity index is 1.47. The highest BCUT2D eigenvalue weighted by Gasteiger charge is 2.51. The van der Waals surface area contributed by atoms with Gasteiger partial charge in [0, 0.05) is 42.3 Å². The van der Waals surface area contributed by atoms with E-state index in [9.17, 15) is 18.8 Å². The minimum atomic E-state index is -1.73. The number of aryl methyl sites for hydroxylation is 1. The van der Waals surface area contributed by atoms with Crippen molar-refractivity contribution in [3.63, 3.8) is 0 Å². The molecule has 2 N–H and O–H groups in total. The van der Waals surface area contributed by atoms with Gasteiger partial charge in [0.05, 0.1) is 0 Å². The first kappa shape index (κ1) is 20.6. The van der Waals surface area contributed by atoms with E-state index in [0.717, 1.165) is 17.3 Å². The Morgan fingerprint density at radius 1 is 1.20 bits per heavy atom. The molecule has 0 aliphatic carbocycles. The van der Waals surface area contributed by atoms with Gasteiger partial charge in [0.15, 0.2) is 0 Å². The Morgan fingerprint density at radius 2 is 2.00 bits per heavy atom. The molecule has 2 aliphatic rings. The second kappa shape index (κ2) is 7.89. The number of nitrogens with zero attached hydrogens (tertiary/aromatic N) is 1. The summed E-state index contributed by atoms with van der Waals surface area (Å²) in [6.07, 6.45) is 1.10. The first-order chi connectivity index (χ1) is 14.3. The van der Waals surface area contributed by atoms with E-state index < -0.39 is 22.5 Å². The van der Waals surface area contributed by atoms with Gasteiger partial charge in [-0.3, -0.25) is 14.4 Å². The monoisotopic (exact) mass is 449 g/mol. The molecule has 30 heavy (non-hydrogen) atoms. The second-order valence-electron chi connectivity index (χ2n) is 7.36. The third-order valence-corrected chi connectivity index (χ3v) is 6.04. The number of hydrogen-bond donors (Lipinski definition) is 2. The molecule has 2 heterocycles. The average Bonchev–Trinajstić information content (AvgIpc) is 3.01. The maximum Gasteiger partial charge on any atom is 0.257 e. The Kier molecular flexibility index (Phi) is 5.42. The summed E-state index contributed by atoms with van der Waals surface area (Å²) in [4.78, 5) is 36.9. The number of hydrogen-bond acceptors (Lipinski definition) is 3. The molecule has 9 heteroatoms. The lowest BCUT2D eigenvalue weighted by atomic mass is 10.0. The van der Waals surface area contributed by atoms with E-state index in [0.29, 0.717) is 24.1 Å². The quantitative estimate of drug-likeness (QED) is 0.554. The van der Waals surface area contributed by atoms with Crippen LogP contribution in [0.4, 0.5) is 15.8 Å². The van der Waals surface area contributed by atoms with Crippen LogP contribution in [-0.2, 0) is 27.3 Å². The predicted octanol–water partition coefficient (Wildman–Crippen LogP) is 3.39. The van der Waals surface area contributed by atoms with Crippen molar-refractivity contribution >= 4 is 52.3 Å². The highest BCUT2D eigenvalue weighted by molar-refractivity contribution is 6.48. The summed E-state index contributed by atoms with van der Waals surface area (Å²) in [6, 6.07) is 9.25. The smallest absolute Gasteiger partial charge is 0.257 e. The first-order valence-electron chi connectivity index (χ1n) is 9.43. The lowest BCUT2D eigenvalue weighted by molar-refractivity contribution is -0.130. The summed E-state index contributed by atoms with van der Waals surface area (Å²) >= 11 is 12.3. The number of carbonyl (C=O) groups excluding carboxylic acids is 3. The Hall–Kier alpha value is -2.64. The van der Waals surface area contributed by atoms with Crippen LogP contribution in [0.2, 0.25) is 5.02 Å². The van der Waals surface area contributed by atoms with Crippen molar-refractivity contribution < 1.29 is 18.8 Å². The zero-order valence-electron chi connectivity index (χ0n) is 15.8. The van der Waals surface area contributed by atoms with E-state index in [4.69, 9.17) is 23.2 Å². The van der Waals surface area contributed by atoms with Crippen LogP contribution >= 0.6 is 23.2 Å². The number of carbonyl (C=O) groups is 3. The number of nitrogens with one attached hydrogen (secondary N) is 2. The normalized spacial score (nSPS) is 20.7. The number of rotatable bonds is 4. The number of alkyl halides is 1. The SMILES string of the molecule is O=C1CCc2cc(N3CCC(Cl)(C(=O)NCc4cc(F)cc(Cl)c4)C3=O)ccc2N1. The van der Waals surface area contributed by atoms with E-state index in [1.54, 1.807) is 12.1 Å². The van der Waals surface area contributed by atoms with E-state index in [1.165, 1.54) is 17.0 Å². The molecule has 0 aromatic heterocycles. The molecule has 6 nitrogen and oxygen atoms in total. The van der Waals surface area contributed by atoms with Gasteiger partial charge in [-0.05, 0) is 53.9 Å². The van der Waals surface area contributed by atoms with Crippen molar-refractivity contribution in [2.75, 3.05) is 16.8 Å². The number of halogens is 3. The summed E-state index contributed by atoms with van der Waals surface area (Å²) in [7, 11) is 0. The largest absolute Gasteiger partial charge is 0.350 e. The number of amides is 3. The summed E-state index contributed by atoms with van der Waals surface area (Å²) < 4.78 is 13.5. The van der Waals surface area contributed by atoms with Gasteiger partial charge >= 0.3 is 0 Å². The Labute approximate surface area is 182 Å². The van der Waals surface area contributed by atoms with Crippen molar-refractivity contribution in [3.05, 3.63) is 58.4 Å². The van der Waals surface area contributed by atoms with E-state index in [2.05, 4.69) is 10.6 Å². The van der Waals surface area contributed by atoms with Crippen LogP contribution in [0, 0.1) is 5.82 Å². The highest BCUT2D eigenvalue weighted by atomic mass is 35.5. The fraction of sp³-hybridized carbons (Fsp3) is 0.286. The van der Waals surface area contributed by atoms with Crippen LogP contribution in [-0.4, -0.2) is 29.1 Å². The van der Waals surface area contributed by atoms with Crippen molar-refractivity contribution in [1.82, 2.24) is 5.32 Å². The molecule has 0 bridgehead atoms. The van der Waals surface area contributed by atoms with Gasteiger partial charge in [-0.2, -0.15) is 0 Å². The van der Waals surface area contributed by atoms with Crippen LogP contribution in [0.3, 0.4) is 0 Å². The van der Waals surface area contributed by atoms with Crippen LogP contribution in [0.5, 0.6) is 0 Å². The summed E-state index contributed by atoms with van der Waals surface area (Å²) in [5.41, 5.74) is 2.75. The molecule has 1 saturated heterocycles. The molecule has 4 rings (SSSR count). The fourth-order valence-corrected chi connectivity index (χ4v) is 4.22. The summed E-state index contributed by atoms with van der Waals surface area (Å²) in [6.45, 7) is 0.281. The van der Waals surface area contributed by atoms with E-state index in [1.807, 2.05) is 6.07 Å². The molecular formula is C21H18Cl2FN3O3. The molecule has 2 aromatic carbocycles. The maximum atomic E-state index is 13.5. The molecule has 2 aliphatic heterocycles. The van der Waals surface area contributed by atoms with Crippen LogP contribution in [0.25, 0.3) is 0 Å². The topological polar surface area (TPSA) is 78.5 Å². The third-order valence-electron chi connectivity index (χ3n) is 5.30. The predicted molar refractivity (Wildman–Crippen MR) is 112 cm³/mol. The van der Waals surface area contributed by atoms with Crippen LogP contribution in [0.15, 0.2) is 36.4 Å². The molecule has 156 valence electrons. The molecule has 3 amide bonds. The number of anilines is 2. The number of fused-ring (bicyclic) bond motifs is 1. The standard InChI is InChI=1S/C21H18Cl2FN3O3/c22-14-7-12(8-15(24)10-14)11-25-19(29)21(23)5-6-27(20(21)30)16-2-3-17-13(9-16)1-4-18(28)26-17/h2-3,7-10H,1,4-6,11H2,(H,25,29)(H,26,28). The van der Waals surface area contributed by atoms with Crippen molar-refractivity contribution in [1.29, 1.82) is 0 Å². The first-order valence-corrected chi connectivity index (χ1v) is 10.2. The maximum absolute atomic E-state index is 13.5. The van der Waals surface area contributed by atoms with Gasteiger partial charge in [-0.25, -0.2) is 4.39 Å². The molecule has 2 aromatic rings. The molecule has 1 unspecified atom stereocenters. The van der Waals surface area contributed by atoms with Gasteiger partial charge in [0.25, 0.3) is 11.8 Å². The van der Waals surface area contributed by atoms with Gasteiger partial charge < -0.3 is 15.5 Å². The van der Waals surface area contributed by atoms with Gasteiger partial charge in [-0.15, -0.1) is 0 Å². The summed E-state index contributed by atoms with van der Waals surface area (Å²) in [5, 5.41) is 5.61. The lowest BCUT2D eigenvalue weighted by Gasteiger charge is -2.23. The van der Waals surface area contributed by atoms with Crippen molar-refractivity contribution in [2.45, 2.75) is 30.7 Å². The Bertz CT molecular complexity index is 1040. The van der Waals surface area contributed by atoms with Crippen molar-refractivity contribution in [3.8, 4) is 0 Å². The molecular weight excluding hydrogens is 432 g/mol. The number of benzene rings is 2. The van der Waals surface area contributed by atoms with E-state index >= 15 is 0 Å². The van der Waals surface area contributed by atoms with Crippen LogP contribution < -0.4 is 15.5 Å². The minimum absolute atomic E-state index is 0.00337. The highest BCUT2D eigenvalue weighted by Crippen LogP contribution is 2.36. The zero-order chi connectivity index (χ0) is 21.5. The molecule has 0 saturated carbocycles. The minimum Gasteiger partial charge on any atom is -0.350 e. The molecule has 1 fully saturated rings. The average molecular weight is 450 g/mol. The summed E-state index contributed by atoms with van der Waals surface area (Å²) in [5.74, 6) is -1.71. The molecule has 1 atom stereocenters. The van der Waals surface area contributed by atoms with Crippen LogP contribution in [0.1, 0.15) is 24.0 Å². The lowest BCUT2D eigenvalue weighted by Crippen LogP contribution is -2.48. The second-order valence-corrected chi connectivity index (χ2v) is 8.44. The van der Waals surface area contributed by atoms with Gasteiger partial charge in [0.2, 0.25) is 10.8 Å². The molecule has 0 spiro atoms. The van der Waals surface area contributed by atoms with Gasteiger partial charge in [-0.1, -0.05) is 23.2 Å². The molecule has 0 radical (unpaired) electrons. The van der Waals surface area contributed by atoms with Gasteiger partial charge in [0.1, 0.15) is 5.82 Å². The zero-order valence-corrected chi connectivity index (χ0v) is 17.3. The fourth-order valence-electron chi connectivity index (χ4n) is 3.72. The Morgan fingerprint density at radius 3 is 2.77 bits per heavy atom.